The largest absolute Gasteiger partial charge is 0.354 e. The molecule has 0 radical (unpaired) electrons. The van der Waals surface area contributed by atoms with E-state index in [4.69, 9.17) is 0 Å². The number of likely N-dealkylation sites (tertiary alicyclic amines) is 1. The first-order chi connectivity index (χ1) is 12.7. The molecule has 3 aromatic rings. The van der Waals surface area contributed by atoms with Gasteiger partial charge < -0.3 is 5.32 Å². The lowest BCUT2D eigenvalue weighted by atomic mass is 9.85. The zero-order chi connectivity index (χ0) is 18.0. The molecule has 1 aliphatic rings. The summed E-state index contributed by atoms with van der Waals surface area (Å²) in [6, 6.07) is 18.8. The minimum absolute atomic E-state index is 0.152. The van der Waals surface area contributed by atoms with Crippen LogP contribution in [0.4, 0.5) is 0 Å². The van der Waals surface area contributed by atoms with Crippen molar-refractivity contribution in [1.29, 1.82) is 0 Å². The highest BCUT2D eigenvalue weighted by molar-refractivity contribution is 7.17. The molecule has 0 bridgehead atoms. The predicted octanol–water partition coefficient (Wildman–Crippen LogP) is 4.22. The molecule has 4 heteroatoms. The lowest BCUT2D eigenvalue weighted by Crippen LogP contribution is -2.65. The minimum Gasteiger partial charge on any atom is -0.354 e. The Kier molecular flexibility index (Phi) is 4.79. The van der Waals surface area contributed by atoms with E-state index in [9.17, 15) is 4.79 Å². The third-order valence-corrected chi connectivity index (χ3v) is 6.53. The van der Waals surface area contributed by atoms with Crippen molar-refractivity contribution in [1.82, 2.24) is 10.2 Å². The number of fused-ring (bicyclic) bond motifs is 1. The maximum atomic E-state index is 12.8. The normalized spacial score (nSPS) is 20.0. The molecule has 1 amide bonds. The topological polar surface area (TPSA) is 32.3 Å². The van der Waals surface area contributed by atoms with Gasteiger partial charge in [0.2, 0.25) is 5.91 Å². The summed E-state index contributed by atoms with van der Waals surface area (Å²) in [5.74, 6) is 0.152. The quantitative estimate of drug-likeness (QED) is 0.710. The van der Waals surface area contributed by atoms with Gasteiger partial charge in [0.25, 0.3) is 0 Å². The first kappa shape index (κ1) is 17.3. The Morgan fingerprint density at radius 1 is 1.15 bits per heavy atom. The number of carbonyl (C=O) groups excluding carboxylic acids is 1. The van der Waals surface area contributed by atoms with Gasteiger partial charge in [0.1, 0.15) is 0 Å². The summed E-state index contributed by atoms with van der Waals surface area (Å²) in [6.07, 6.45) is 1.80. The number of rotatable bonds is 6. The smallest absolute Gasteiger partial charge is 0.240 e. The summed E-state index contributed by atoms with van der Waals surface area (Å²) in [5.41, 5.74) is 2.20. The Balaban J connectivity index is 1.37. The monoisotopic (exact) mass is 364 g/mol. The average Bonchev–Trinajstić information content (AvgIpc) is 3.08. The van der Waals surface area contributed by atoms with Gasteiger partial charge in [0, 0.05) is 24.3 Å². The van der Waals surface area contributed by atoms with Crippen LogP contribution in [0, 0.1) is 0 Å². The molecule has 4 rings (SSSR count). The van der Waals surface area contributed by atoms with Crippen molar-refractivity contribution >= 4 is 27.3 Å². The van der Waals surface area contributed by atoms with E-state index in [-0.39, 0.29) is 11.4 Å². The van der Waals surface area contributed by atoms with Gasteiger partial charge in [-0.05, 0) is 47.7 Å². The molecule has 26 heavy (non-hydrogen) atoms. The molecule has 1 atom stereocenters. The molecule has 0 spiro atoms. The maximum absolute atomic E-state index is 12.8. The van der Waals surface area contributed by atoms with E-state index in [1.54, 1.807) is 11.3 Å². The SMILES string of the molecule is CC1(C(=O)NCCc2ccccc2)CCN1Cc1csc2ccccc12. The molecular formula is C22H24N2OS. The number of nitrogens with zero attached hydrogens (tertiary/aromatic N) is 1. The molecular weight excluding hydrogens is 340 g/mol. The molecule has 134 valence electrons. The van der Waals surface area contributed by atoms with Crippen LogP contribution >= 0.6 is 11.3 Å². The van der Waals surface area contributed by atoms with Crippen LogP contribution in [-0.2, 0) is 17.8 Å². The predicted molar refractivity (Wildman–Crippen MR) is 108 cm³/mol. The van der Waals surface area contributed by atoms with E-state index in [1.807, 2.05) is 18.2 Å². The Labute approximate surface area is 158 Å². The van der Waals surface area contributed by atoms with Crippen LogP contribution in [0.15, 0.2) is 60.0 Å². The first-order valence-corrected chi connectivity index (χ1v) is 10.1. The summed E-state index contributed by atoms with van der Waals surface area (Å²) in [6.45, 7) is 4.58. The van der Waals surface area contributed by atoms with Gasteiger partial charge in [0.15, 0.2) is 0 Å². The highest BCUT2D eigenvalue weighted by Crippen LogP contribution is 2.35. The molecule has 1 aliphatic heterocycles. The summed E-state index contributed by atoms with van der Waals surface area (Å²) < 4.78 is 1.32. The van der Waals surface area contributed by atoms with Crippen molar-refractivity contribution < 1.29 is 4.79 Å². The van der Waals surface area contributed by atoms with E-state index in [0.717, 1.165) is 25.9 Å². The van der Waals surface area contributed by atoms with Gasteiger partial charge in [0.05, 0.1) is 5.54 Å². The molecule has 1 aromatic heterocycles. The van der Waals surface area contributed by atoms with Crippen LogP contribution in [0.3, 0.4) is 0 Å². The number of amides is 1. The van der Waals surface area contributed by atoms with Gasteiger partial charge in [-0.2, -0.15) is 0 Å². The second-order valence-corrected chi connectivity index (χ2v) is 8.11. The Morgan fingerprint density at radius 2 is 1.92 bits per heavy atom. The lowest BCUT2D eigenvalue weighted by molar-refractivity contribution is -0.141. The highest BCUT2D eigenvalue weighted by Gasteiger charge is 2.46. The minimum atomic E-state index is -0.389. The van der Waals surface area contributed by atoms with Crippen molar-refractivity contribution in [3.8, 4) is 0 Å². The van der Waals surface area contributed by atoms with Gasteiger partial charge >= 0.3 is 0 Å². The molecule has 1 fully saturated rings. The number of nitrogens with one attached hydrogen (secondary N) is 1. The van der Waals surface area contributed by atoms with E-state index < -0.39 is 0 Å². The van der Waals surface area contributed by atoms with E-state index in [1.165, 1.54) is 21.2 Å². The molecule has 1 saturated heterocycles. The van der Waals surface area contributed by atoms with Crippen LogP contribution in [0.5, 0.6) is 0 Å². The van der Waals surface area contributed by atoms with E-state index in [0.29, 0.717) is 6.54 Å². The van der Waals surface area contributed by atoms with Crippen LogP contribution in [-0.4, -0.2) is 29.4 Å². The van der Waals surface area contributed by atoms with Crippen molar-refractivity contribution in [2.75, 3.05) is 13.1 Å². The molecule has 1 unspecified atom stereocenters. The fourth-order valence-corrected chi connectivity index (χ4v) is 4.59. The number of benzene rings is 2. The number of thiophene rings is 1. The molecule has 2 heterocycles. The molecule has 2 aromatic carbocycles. The van der Waals surface area contributed by atoms with E-state index in [2.05, 4.69) is 58.9 Å². The Hall–Kier alpha value is -2.17. The van der Waals surface area contributed by atoms with Crippen molar-refractivity contribution in [2.24, 2.45) is 0 Å². The van der Waals surface area contributed by atoms with Crippen molar-refractivity contribution in [2.45, 2.75) is 31.8 Å². The summed E-state index contributed by atoms with van der Waals surface area (Å²) in [4.78, 5) is 15.1. The fourth-order valence-electron chi connectivity index (χ4n) is 3.63. The third kappa shape index (κ3) is 3.27. The second-order valence-electron chi connectivity index (χ2n) is 7.19. The van der Waals surface area contributed by atoms with Gasteiger partial charge in [-0.3, -0.25) is 9.69 Å². The van der Waals surface area contributed by atoms with Gasteiger partial charge in [-0.15, -0.1) is 11.3 Å². The number of hydrogen-bond donors (Lipinski definition) is 1. The zero-order valence-electron chi connectivity index (χ0n) is 15.1. The Bertz CT molecular complexity index is 905. The second kappa shape index (κ2) is 7.22. The molecule has 0 aliphatic carbocycles. The van der Waals surface area contributed by atoms with Gasteiger partial charge in [-0.25, -0.2) is 0 Å². The molecule has 0 saturated carbocycles. The van der Waals surface area contributed by atoms with Crippen LogP contribution < -0.4 is 5.32 Å². The molecule has 1 N–H and O–H groups in total. The first-order valence-electron chi connectivity index (χ1n) is 9.19. The molecule has 3 nitrogen and oxygen atoms in total. The highest BCUT2D eigenvalue weighted by atomic mass is 32.1. The Morgan fingerprint density at radius 3 is 2.69 bits per heavy atom. The number of carbonyl (C=O) groups is 1. The zero-order valence-corrected chi connectivity index (χ0v) is 15.9. The number of hydrogen-bond acceptors (Lipinski definition) is 3. The van der Waals surface area contributed by atoms with Crippen LogP contribution in [0.25, 0.3) is 10.1 Å². The van der Waals surface area contributed by atoms with Crippen molar-refractivity contribution in [3.05, 3.63) is 71.1 Å². The fraction of sp³-hybridized carbons (Fsp3) is 0.318. The van der Waals surface area contributed by atoms with E-state index >= 15 is 0 Å². The van der Waals surface area contributed by atoms with Crippen molar-refractivity contribution in [3.63, 3.8) is 0 Å². The average molecular weight is 365 g/mol. The van der Waals surface area contributed by atoms with Crippen LogP contribution in [0.2, 0.25) is 0 Å². The maximum Gasteiger partial charge on any atom is 0.240 e. The standard InChI is InChI=1S/C22H24N2OS/c1-22(21(25)23-13-11-17-7-3-2-4-8-17)12-14-24(22)15-18-16-26-20-10-6-5-9-19(18)20/h2-10,16H,11-15H2,1H3,(H,23,25). The van der Waals surface area contributed by atoms with Crippen LogP contribution in [0.1, 0.15) is 24.5 Å². The summed E-state index contributed by atoms with van der Waals surface area (Å²) in [7, 11) is 0. The lowest BCUT2D eigenvalue weighted by Gasteiger charge is -2.49. The summed E-state index contributed by atoms with van der Waals surface area (Å²) >= 11 is 1.78. The summed E-state index contributed by atoms with van der Waals surface area (Å²) in [5, 5.41) is 6.69. The third-order valence-electron chi connectivity index (χ3n) is 5.52. The van der Waals surface area contributed by atoms with Gasteiger partial charge in [-0.1, -0.05) is 48.5 Å².